The van der Waals surface area contributed by atoms with Crippen molar-refractivity contribution in [3.63, 3.8) is 0 Å². The molecule has 210 valence electrons. The molecule has 0 fully saturated rings. The number of rotatable bonds is 8. The zero-order chi connectivity index (χ0) is 29.5. The molecule has 0 bridgehead atoms. The molecular formula is C30H28N4O6S. The van der Waals surface area contributed by atoms with Gasteiger partial charge < -0.3 is 26.2 Å². The van der Waals surface area contributed by atoms with Crippen molar-refractivity contribution < 1.29 is 29.0 Å². The number of hydrogen-bond acceptors (Lipinski definition) is 7. The van der Waals surface area contributed by atoms with E-state index >= 15 is 0 Å². The number of nitrogens with one attached hydrogen (secondary N) is 2. The lowest BCUT2D eigenvalue weighted by Gasteiger charge is -2.22. The fourth-order valence-corrected chi connectivity index (χ4v) is 5.05. The molecular weight excluding hydrogens is 544 g/mol. The van der Waals surface area contributed by atoms with Crippen LogP contribution >= 0.6 is 11.3 Å². The fourth-order valence-electron chi connectivity index (χ4n) is 4.20. The number of nitrogens with zero attached hydrogens (tertiary/aromatic N) is 1. The normalized spacial score (nSPS) is 11.1. The van der Waals surface area contributed by atoms with E-state index in [0.717, 1.165) is 29.7 Å². The quantitative estimate of drug-likeness (QED) is 0.173. The van der Waals surface area contributed by atoms with Gasteiger partial charge in [0.1, 0.15) is 12.4 Å². The van der Waals surface area contributed by atoms with Crippen molar-refractivity contribution in [3.8, 4) is 28.0 Å². The Bertz CT molecular complexity index is 1610. The van der Waals surface area contributed by atoms with Crippen molar-refractivity contribution in [3.05, 3.63) is 87.4 Å². The summed E-state index contributed by atoms with van der Waals surface area (Å²) in [6.07, 6.45) is 1.72. The van der Waals surface area contributed by atoms with Gasteiger partial charge in [-0.1, -0.05) is 13.0 Å². The Morgan fingerprint density at radius 2 is 1.80 bits per heavy atom. The summed E-state index contributed by atoms with van der Waals surface area (Å²) in [5, 5.41) is 19.1. The van der Waals surface area contributed by atoms with Crippen molar-refractivity contribution >= 4 is 41.2 Å². The van der Waals surface area contributed by atoms with Crippen molar-refractivity contribution in [2.75, 3.05) is 11.9 Å². The molecule has 4 aromatic rings. The van der Waals surface area contributed by atoms with E-state index in [4.69, 9.17) is 10.5 Å². The average molecular weight is 573 g/mol. The fraction of sp³-hybridized carbons (Fsp3) is 0.167. The molecule has 0 radical (unpaired) electrons. The van der Waals surface area contributed by atoms with Crippen molar-refractivity contribution in [2.45, 2.75) is 26.9 Å². The molecule has 0 spiro atoms. The summed E-state index contributed by atoms with van der Waals surface area (Å²) in [7, 11) is 0. The lowest BCUT2D eigenvalue weighted by Crippen LogP contribution is -2.16. The van der Waals surface area contributed by atoms with Crippen LogP contribution in [0.4, 0.5) is 5.69 Å². The second-order valence-electron chi connectivity index (χ2n) is 9.11. The molecule has 1 aliphatic heterocycles. The summed E-state index contributed by atoms with van der Waals surface area (Å²) in [6.45, 7) is 4.90. The van der Waals surface area contributed by atoms with E-state index in [0.29, 0.717) is 46.8 Å². The number of hydrogen-bond donors (Lipinski definition) is 4. The highest BCUT2D eigenvalue weighted by atomic mass is 32.1. The number of aromatic carboxylic acids is 1. The van der Waals surface area contributed by atoms with Gasteiger partial charge >= 0.3 is 5.97 Å². The predicted octanol–water partition coefficient (Wildman–Crippen LogP) is 4.87. The highest BCUT2D eigenvalue weighted by Crippen LogP contribution is 2.43. The number of thiophene rings is 1. The summed E-state index contributed by atoms with van der Waals surface area (Å²) in [4.78, 5) is 50.5. The molecule has 3 amide bonds. The monoisotopic (exact) mass is 572 g/mol. The Labute approximate surface area is 240 Å². The van der Waals surface area contributed by atoms with Gasteiger partial charge in [-0.15, -0.1) is 0 Å². The third-order valence-electron chi connectivity index (χ3n) is 6.21. The average Bonchev–Trinajstić information content (AvgIpc) is 3.45. The molecule has 0 saturated heterocycles. The molecule has 1 aliphatic rings. The van der Waals surface area contributed by atoms with Gasteiger partial charge in [0.2, 0.25) is 12.3 Å². The third-order valence-corrected chi connectivity index (χ3v) is 7.00. The summed E-state index contributed by atoms with van der Waals surface area (Å²) in [6, 6.07) is 12.9. The topological polar surface area (TPSA) is 161 Å². The molecule has 11 heteroatoms. The van der Waals surface area contributed by atoms with E-state index in [1.54, 1.807) is 54.7 Å². The highest BCUT2D eigenvalue weighted by molar-refractivity contribution is 7.08. The van der Waals surface area contributed by atoms with E-state index < -0.39 is 17.8 Å². The van der Waals surface area contributed by atoms with Crippen molar-refractivity contribution in [2.24, 2.45) is 5.73 Å². The molecule has 0 aliphatic carbocycles. The minimum atomic E-state index is -1.20. The van der Waals surface area contributed by atoms with Gasteiger partial charge in [-0.3, -0.25) is 14.4 Å². The summed E-state index contributed by atoms with van der Waals surface area (Å²) in [5.41, 5.74) is 10.2. The minimum Gasteiger partial charge on any atom is -0.488 e. The van der Waals surface area contributed by atoms with Crippen LogP contribution in [0.25, 0.3) is 22.3 Å². The first kappa shape index (κ1) is 29.0. The Morgan fingerprint density at radius 1 is 1.05 bits per heavy atom. The van der Waals surface area contributed by atoms with E-state index in [-0.39, 0.29) is 11.3 Å². The number of carbonyl (C=O) groups is 4. The van der Waals surface area contributed by atoms with Crippen molar-refractivity contribution in [1.29, 1.82) is 0 Å². The number of ether oxygens (including phenoxy) is 1. The molecule has 5 N–H and O–H groups in total. The number of aryl methyl sites for hydroxylation is 1. The predicted molar refractivity (Wildman–Crippen MR) is 156 cm³/mol. The number of nitrogens with two attached hydrogens (primary N) is 1. The standard InChI is InChI=1S/C26H19N3O5S.C4H9NO/c1-13-2-7-17(23(28-13)26(32)33)18-9-22-19(21-12-35-11-15(21)10-34-22)8-20(18)25(31)29-16-5-3-14(4-6-16)24(27)30;1-2-3-5-4-6/h2-9,11-12H,10H2,1H3,(H2,27,30)(H,29,31)(H,32,33);4H,2-3H2,1H3,(H,5,6). The van der Waals surface area contributed by atoms with Crippen molar-refractivity contribution in [1.82, 2.24) is 10.3 Å². The van der Waals surface area contributed by atoms with E-state index in [2.05, 4.69) is 15.6 Å². The smallest absolute Gasteiger partial charge is 0.355 e. The number of anilines is 1. The van der Waals surface area contributed by atoms with Crippen LogP contribution in [0, 0.1) is 6.92 Å². The number of primary amides is 1. The second kappa shape index (κ2) is 12.9. The van der Waals surface area contributed by atoms with Crippen LogP contribution in [0.15, 0.2) is 59.3 Å². The second-order valence-corrected chi connectivity index (χ2v) is 9.86. The Hall–Kier alpha value is -5.03. The number of carboxylic acids is 1. The Morgan fingerprint density at radius 3 is 2.44 bits per heavy atom. The van der Waals surface area contributed by atoms with Gasteiger partial charge in [0, 0.05) is 56.9 Å². The van der Waals surface area contributed by atoms with Crippen LogP contribution in [0.2, 0.25) is 0 Å². The summed E-state index contributed by atoms with van der Waals surface area (Å²) in [5.74, 6) is -1.66. The number of carboxylic acid groups (broad SMARTS) is 1. The van der Waals surface area contributed by atoms with Gasteiger partial charge in [0.25, 0.3) is 5.91 Å². The summed E-state index contributed by atoms with van der Waals surface area (Å²) >= 11 is 1.54. The largest absolute Gasteiger partial charge is 0.488 e. The molecule has 0 saturated carbocycles. The maximum absolute atomic E-state index is 13.5. The first-order chi connectivity index (χ1) is 19.7. The third kappa shape index (κ3) is 6.59. The van der Waals surface area contributed by atoms with Gasteiger partial charge in [0.15, 0.2) is 5.69 Å². The van der Waals surface area contributed by atoms with Crippen LogP contribution < -0.4 is 21.1 Å². The first-order valence-electron chi connectivity index (χ1n) is 12.7. The number of amides is 3. The maximum Gasteiger partial charge on any atom is 0.355 e. The molecule has 2 aromatic heterocycles. The van der Waals surface area contributed by atoms with Gasteiger partial charge in [-0.05, 0) is 66.6 Å². The van der Waals surface area contributed by atoms with Crippen LogP contribution in [-0.2, 0) is 11.4 Å². The molecule has 41 heavy (non-hydrogen) atoms. The summed E-state index contributed by atoms with van der Waals surface area (Å²) < 4.78 is 5.95. The lowest BCUT2D eigenvalue weighted by atomic mass is 9.91. The zero-order valence-electron chi connectivity index (χ0n) is 22.4. The first-order valence-corrected chi connectivity index (χ1v) is 13.6. The van der Waals surface area contributed by atoms with Gasteiger partial charge in [-0.2, -0.15) is 11.3 Å². The zero-order valence-corrected chi connectivity index (χ0v) is 23.2. The van der Waals surface area contributed by atoms with Crippen LogP contribution in [0.5, 0.6) is 5.75 Å². The van der Waals surface area contributed by atoms with Crippen LogP contribution in [0.1, 0.15) is 55.8 Å². The molecule has 2 aromatic carbocycles. The lowest BCUT2D eigenvalue weighted by molar-refractivity contribution is -0.109. The maximum atomic E-state index is 13.5. The molecule has 10 nitrogen and oxygen atoms in total. The van der Waals surface area contributed by atoms with Crippen LogP contribution in [-0.4, -0.2) is 40.8 Å². The Kier molecular flexibility index (Phi) is 9.10. The molecule has 5 rings (SSSR count). The van der Waals surface area contributed by atoms with Crippen LogP contribution in [0.3, 0.4) is 0 Å². The Balaban J connectivity index is 0.000000585. The number of pyridine rings is 1. The van der Waals surface area contributed by atoms with E-state index in [9.17, 15) is 24.3 Å². The number of fused-ring (bicyclic) bond motifs is 3. The molecule has 0 atom stereocenters. The molecule has 0 unspecified atom stereocenters. The number of benzene rings is 2. The van der Waals surface area contributed by atoms with Gasteiger partial charge in [-0.25, -0.2) is 9.78 Å². The SMILES string of the molecule is CCCNC=O.Cc1ccc(-c2cc3c(cc2C(=O)Nc2ccc(C(N)=O)cc2)-c2cscc2CO3)c(C(=O)O)n1. The number of carbonyl (C=O) groups excluding carboxylic acids is 3. The van der Waals surface area contributed by atoms with E-state index in [1.807, 2.05) is 17.7 Å². The molecule has 3 heterocycles. The minimum absolute atomic E-state index is 0.156. The van der Waals surface area contributed by atoms with Gasteiger partial charge in [0.05, 0.1) is 0 Å². The van der Waals surface area contributed by atoms with E-state index in [1.165, 1.54) is 12.1 Å². The highest BCUT2D eigenvalue weighted by Gasteiger charge is 2.26. The number of aromatic nitrogens is 1.